The summed E-state index contributed by atoms with van der Waals surface area (Å²) < 4.78 is 0.878. The summed E-state index contributed by atoms with van der Waals surface area (Å²) in [5.41, 5.74) is 7.56. The van der Waals surface area contributed by atoms with E-state index in [0.29, 0.717) is 0 Å². The van der Waals surface area contributed by atoms with Crippen molar-refractivity contribution in [1.82, 2.24) is 4.98 Å². The molecular weight excluding hydrogens is 216 g/mol. The number of aryl methyl sites for hydroxylation is 1. The van der Waals surface area contributed by atoms with Gasteiger partial charge < -0.3 is 5.73 Å². The summed E-state index contributed by atoms with van der Waals surface area (Å²) in [4.78, 5) is 4.25. The molecule has 1 rings (SSSR count). The molecule has 0 saturated heterocycles. The summed E-state index contributed by atoms with van der Waals surface area (Å²) in [7, 11) is 0. The molecule has 2 nitrogen and oxygen atoms in total. The summed E-state index contributed by atoms with van der Waals surface area (Å²) in [6.45, 7) is 2.17. The molecule has 0 aliphatic rings. The van der Waals surface area contributed by atoms with Gasteiger partial charge in [0.2, 0.25) is 0 Å². The molecule has 12 heavy (non-hydrogen) atoms. The number of hydrogen-bond donors (Lipinski definition) is 1. The Kier molecular flexibility index (Phi) is 3.53. The number of anilines is 1. The van der Waals surface area contributed by atoms with Crippen molar-refractivity contribution >= 4 is 21.6 Å². The first kappa shape index (κ1) is 9.52. The number of halogens is 1. The second-order valence-electron chi connectivity index (χ2n) is 2.80. The largest absolute Gasteiger partial charge is 0.398 e. The third-order valence-electron chi connectivity index (χ3n) is 1.73. The van der Waals surface area contributed by atoms with Crippen LogP contribution in [0, 0.1) is 0 Å². The second kappa shape index (κ2) is 4.45. The number of unbranched alkanes of at least 4 members (excludes halogenated alkanes) is 1. The van der Waals surface area contributed by atoms with E-state index in [0.717, 1.165) is 22.3 Å². The number of rotatable bonds is 3. The predicted octanol–water partition coefficient (Wildman–Crippen LogP) is 2.77. The van der Waals surface area contributed by atoms with Gasteiger partial charge in [0.1, 0.15) is 0 Å². The van der Waals surface area contributed by atoms with Crippen LogP contribution in [-0.4, -0.2) is 4.98 Å². The van der Waals surface area contributed by atoms with Gasteiger partial charge in [-0.2, -0.15) is 0 Å². The van der Waals surface area contributed by atoms with E-state index in [-0.39, 0.29) is 0 Å². The second-order valence-corrected chi connectivity index (χ2v) is 3.66. The van der Waals surface area contributed by atoms with E-state index >= 15 is 0 Å². The minimum atomic E-state index is 0.774. The van der Waals surface area contributed by atoms with Crippen LogP contribution in [0.4, 0.5) is 5.69 Å². The molecule has 0 aromatic carbocycles. The molecule has 0 amide bonds. The number of nitrogen functional groups attached to an aromatic ring is 1. The molecule has 0 aliphatic heterocycles. The fourth-order valence-corrected chi connectivity index (χ4v) is 1.21. The van der Waals surface area contributed by atoms with E-state index in [4.69, 9.17) is 5.73 Å². The van der Waals surface area contributed by atoms with Crippen molar-refractivity contribution in [1.29, 1.82) is 0 Å². The van der Waals surface area contributed by atoms with Crippen molar-refractivity contribution in [2.45, 2.75) is 26.2 Å². The summed E-state index contributed by atoms with van der Waals surface area (Å²) >= 11 is 3.31. The van der Waals surface area contributed by atoms with Gasteiger partial charge in [-0.15, -0.1) is 0 Å². The molecule has 0 unspecified atom stereocenters. The molecule has 0 radical (unpaired) electrons. The highest BCUT2D eigenvalue weighted by molar-refractivity contribution is 9.10. The molecular formula is C9H13BrN2. The van der Waals surface area contributed by atoms with E-state index < -0.39 is 0 Å². The number of nitrogens with zero attached hydrogens (tertiary/aromatic N) is 1. The minimum absolute atomic E-state index is 0.774. The average molecular weight is 229 g/mol. The molecule has 2 N–H and O–H groups in total. The lowest BCUT2D eigenvalue weighted by Gasteiger charge is -2.01. The van der Waals surface area contributed by atoms with Crippen LogP contribution in [-0.2, 0) is 6.42 Å². The smallest absolute Gasteiger partial charge is 0.0588 e. The zero-order chi connectivity index (χ0) is 8.97. The monoisotopic (exact) mass is 228 g/mol. The van der Waals surface area contributed by atoms with Gasteiger partial charge in [0.25, 0.3) is 0 Å². The highest BCUT2D eigenvalue weighted by Crippen LogP contribution is 2.18. The Labute approximate surface area is 81.3 Å². The highest BCUT2D eigenvalue weighted by Gasteiger charge is 1.98. The number of aromatic nitrogens is 1. The van der Waals surface area contributed by atoms with Gasteiger partial charge in [0.15, 0.2) is 0 Å². The lowest BCUT2D eigenvalue weighted by Crippen LogP contribution is -1.94. The van der Waals surface area contributed by atoms with Crippen molar-refractivity contribution in [2.24, 2.45) is 0 Å². The predicted molar refractivity (Wildman–Crippen MR) is 55.0 cm³/mol. The van der Waals surface area contributed by atoms with E-state index in [1.54, 1.807) is 6.20 Å². The van der Waals surface area contributed by atoms with Gasteiger partial charge in [-0.25, -0.2) is 0 Å². The number of pyridine rings is 1. The topological polar surface area (TPSA) is 38.9 Å². The summed E-state index contributed by atoms with van der Waals surface area (Å²) in [5.74, 6) is 0. The lowest BCUT2D eigenvalue weighted by molar-refractivity contribution is 0.777. The Morgan fingerprint density at radius 3 is 2.92 bits per heavy atom. The molecule has 0 saturated carbocycles. The van der Waals surface area contributed by atoms with Gasteiger partial charge in [-0.3, -0.25) is 4.98 Å². The van der Waals surface area contributed by atoms with Crippen LogP contribution in [0.3, 0.4) is 0 Å². The molecule has 0 bridgehead atoms. The molecule has 66 valence electrons. The fraction of sp³-hybridized carbons (Fsp3) is 0.444. The van der Waals surface area contributed by atoms with Crippen LogP contribution in [0.1, 0.15) is 25.5 Å². The SMILES string of the molecule is CCCCc1cc(N)c(Br)cn1. The first-order valence-corrected chi connectivity index (χ1v) is 4.93. The van der Waals surface area contributed by atoms with Crippen molar-refractivity contribution in [3.05, 3.63) is 22.4 Å². The highest BCUT2D eigenvalue weighted by atomic mass is 79.9. The lowest BCUT2D eigenvalue weighted by atomic mass is 10.2. The molecule has 0 aliphatic carbocycles. The quantitative estimate of drug-likeness (QED) is 0.865. The van der Waals surface area contributed by atoms with Gasteiger partial charge in [-0.1, -0.05) is 13.3 Å². The van der Waals surface area contributed by atoms with Gasteiger partial charge >= 0.3 is 0 Å². The van der Waals surface area contributed by atoms with E-state index in [2.05, 4.69) is 27.8 Å². The van der Waals surface area contributed by atoms with Crippen molar-refractivity contribution in [3.8, 4) is 0 Å². The maximum atomic E-state index is 5.71. The van der Waals surface area contributed by atoms with E-state index in [1.165, 1.54) is 12.8 Å². The zero-order valence-electron chi connectivity index (χ0n) is 7.18. The molecule has 1 heterocycles. The first-order chi connectivity index (χ1) is 5.74. The number of nitrogens with two attached hydrogens (primary N) is 1. The standard InChI is InChI=1S/C9H13BrN2/c1-2-3-4-7-5-9(11)8(10)6-12-7/h5-6H,2-4H2,1H3,(H2,11,12). The molecule has 0 atom stereocenters. The Morgan fingerprint density at radius 2 is 2.33 bits per heavy atom. The van der Waals surface area contributed by atoms with Gasteiger partial charge in [-0.05, 0) is 34.8 Å². The summed E-state index contributed by atoms with van der Waals surface area (Å²) in [6.07, 6.45) is 5.15. The molecule has 1 aromatic rings. The third kappa shape index (κ3) is 2.48. The Balaban J connectivity index is 2.69. The molecule has 1 aromatic heterocycles. The van der Waals surface area contributed by atoms with Crippen molar-refractivity contribution < 1.29 is 0 Å². The maximum absolute atomic E-state index is 5.71. The Bertz CT molecular complexity index is 261. The van der Waals surface area contributed by atoms with Crippen molar-refractivity contribution in [2.75, 3.05) is 5.73 Å². The fourth-order valence-electron chi connectivity index (χ4n) is 0.994. The third-order valence-corrected chi connectivity index (χ3v) is 2.39. The van der Waals surface area contributed by atoms with E-state index in [9.17, 15) is 0 Å². The van der Waals surface area contributed by atoms with Crippen molar-refractivity contribution in [3.63, 3.8) is 0 Å². The van der Waals surface area contributed by atoms with Crippen LogP contribution in [0.2, 0.25) is 0 Å². The Hall–Kier alpha value is -0.570. The van der Waals surface area contributed by atoms with Gasteiger partial charge in [0, 0.05) is 17.6 Å². The Morgan fingerprint density at radius 1 is 1.58 bits per heavy atom. The van der Waals surface area contributed by atoms with Crippen LogP contribution in [0.25, 0.3) is 0 Å². The van der Waals surface area contributed by atoms with Crippen LogP contribution >= 0.6 is 15.9 Å². The summed E-state index contributed by atoms with van der Waals surface area (Å²) in [5, 5.41) is 0. The van der Waals surface area contributed by atoms with Crippen LogP contribution < -0.4 is 5.73 Å². The molecule has 0 spiro atoms. The van der Waals surface area contributed by atoms with Gasteiger partial charge in [0.05, 0.1) is 4.47 Å². The maximum Gasteiger partial charge on any atom is 0.0588 e. The zero-order valence-corrected chi connectivity index (χ0v) is 8.76. The average Bonchev–Trinajstić information content (AvgIpc) is 2.07. The van der Waals surface area contributed by atoms with Crippen LogP contribution in [0.15, 0.2) is 16.7 Å². The van der Waals surface area contributed by atoms with Crippen LogP contribution in [0.5, 0.6) is 0 Å². The minimum Gasteiger partial charge on any atom is -0.398 e. The molecule has 3 heteroatoms. The first-order valence-electron chi connectivity index (χ1n) is 4.14. The number of hydrogen-bond acceptors (Lipinski definition) is 2. The summed E-state index contributed by atoms with van der Waals surface area (Å²) in [6, 6.07) is 1.93. The normalized spacial score (nSPS) is 10.2. The molecule has 0 fully saturated rings. The van der Waals surface area contributed by atoms with E-state index in [1.807, 2.05) is 6.07 Å².